The van der Waals surface area contributed by atoms with Crippen LogP contribution in [0.1, 0.15) is 0 Å². The summed E-state index contributed by atoms with van der Waals surface area (Å²) in [4.78, 5) is 13.9. The number of rotatable bonds is 1. The zero-order valence-electron chi connectivity index (χ0n) is 24.7. The first kappa shape index (κ1) is 25.2. The van der Waals surface area contributed by atoms with E-state index in [1.54, 1.807) is 0 Å². The molecule has 0 N–H and O–H groups in total. The van der Waals surface area contributed by atoms with Crippen molar-refractivity contribution in [3.63, 3.8) is 0 Å². The van der Waals surface area contributed by atoms with Crippen LogP contribution in [0, 0.1) is 0 Å². The highest BCUT2D eigenvalue weighted by atomic mass is 16.3. The maximum Gasteiger partial charge on any atom is 0.200 e. The summed E-state index contributed by atoms with van der Waals surface area (Å²) in [5.41, 5.74) is 13.4. The highest BCUT2D eigenvalue weighted by Gasteiger charge is 2.26. The van der Waals surface area contributed by atoms with Crippen molar-refractivity contribution in [2.24, 2.45) is 0 Å². The van der Waals surface area contributed by atoms with Crippen molar-refractivity contribution in [3.8, 4) is 50.2 Å². The molecule has 0 saturated carbocycles. The Morgan fingerprint density at radius 2 is 0.913 bits per heavy atom. The minimum absolute atomic E-state index is 0.0150. The van der Waals surface area contributed by atoms with Crippen LogP contribution in [0.25, 0.3) is 93.9 Å². The summed E-state index contributed by atoms with van der Waals surface area (Å²) in [5, 5.41) is 3.63. The van der Waals surface area contributed by atoms with E-state index in [4.69, 9.17) is 4.42 Å². The predicted octanol–water partition coefficient (Wildman–Crippen LogP) is 11.0. The molecule has 0 bridgehead atoms. The second kappa shape index (κ2) is 9.40. The average Bonchev–Trinajstić information content (AvgIpc) is 3.45. The fourth-order valence-corrected chi connectivity index (χ4v) is 7.60. The second-order valence-electron chi connectivity index (χ2n) is 12.0. The Morgan fingerprint density at radius 1 is 0.391 bits per heavy atom. The normalized spacial score (nSPS) is 12.0. The van der Waals surface area contributed by atoms with Crippen LogP contribution in [0.4, 0.5) is 0 Å². The number of hydrogen-bond donors (Lipinski definition) is 0. The molecule has 1 aliphatic rings. The zero-order chi connectivity index (χ0) is 30.4. The van der Waals surface area contributed by atoms with Crippen LogP contribution in [0.2, 0.25) is 0 Å². The molecule has 9 aromatic rings. The van der Waals surface area contributed by atoms with Gasteiger partial charge in [-0.3, -0.25) is 4.79 Å². The van der Waals surface area contributed by atoms with E-state index in [1.165, 1.54) is 21.8 Å². The third-order valence-electron chi connectivity index (χ3n) is 9.57. The highest BCUT2D eigenvalue weighted by molar-refractivity contribution is 6.12. The van der Waals surface area contributed by atoms with Crippen LogP contribution in [-0.4, -0.2) is 4.57 Å². The highest BCUT2D eigenvalue weighted by Crippen LogP contribution is 2.51. The molecule has 0 radical (unpaired) electrons. The lowest BCUT2D eigenvalue weighted by atomic mass is 9.80. The Bertz CT molecular complexity index is 2730. The van der Waals surface area contributed by atoms with Gasteiger partial charge in [0.1, 0.15) is 11.2 Å². The Morgan fingerprint density at radius 3 is 1.63 bits per heavy atom. The van der Waals surface area contributed by atoms with E-state index in [1.807, 2.05) is 30.3 Å². The molecule has 0 saturated heterocycles. The lowest BCUT2D eigenvalue weighted by molar-refractivity contribution is 0.660. The molecule has 0 atom stereocenters. The van der Waals surface area contributed by atoms with E-state index in [9.17, 15) is 4.79 Å². The molecule has 0 aliphatic heterocycles. The minimum atomic E-state index is -0.0150. The van der Waals surface area contributed by atoms with Gasteiger partial charge in [0.25, 0.3) is 0 Å². The number of nitrogens with zero attached hydrogens (tertiary/aromatic N) is 1. The van der Waals surface area contributed by atoms with E-state index >= 15 is 0 Å². The van der Waals surface area contributed by atoms with E-state index in [0.717, 1.165) is 50.2 Å². The zero-order valence-corrected chi connectivity index (χ0v) is 24.7. The van der Waals surface area contributed by atoms with Crippen molar-refractivity contribution in [1.29, 1.82) is 0 Å². The fourth-order valence-electron chi connectivity index (χ4n) is 7.60. The molecule has 3 heteroatoms. The molecular weight excluding hydrogens is 562 g/mol. The Labute approximate surface area is 264 Å². The van der Waals surface area contributed by atoms with Gasteiger partial charge in [0.2, 0.25) is 5.43 Å². The molecule has 2 aromatic heterocycles. The standard InChI is InChI=1S/C43H25NO2/c45-43-33-18-7-10-23-40(33)46-41-25-35-27-13-2-1-12-26(27)32-19-11-22-39(42(32)31-17-4-3-14-28(31)34(35)24-36(41)43)44-37-20-8-5-15-29(37)30-16-6-9-21-38(30)44/h1-25H. The molecule has 0 amide bonds. The number of para-hydroxylation sites is 3. The van der Waals surface area contributed by atoms with Crippen LogP contribution >= 0.6 is 0 Å². The van der Waals surface area contributed by atoms with Gasteiger partial charge in [0.05, 0.1) is 27.5 Å². The summed E-state index contributed by atoms with van der Waals surface area (Å²) >= 11 is 0. The molecule has 1 aliphatic carbocycles. The van der Waals surface area contributed by atoms with Gasteiger partial charge in [-0.1, -0.05) is 109 Å². The number of benzene rings is 7. The largest absolute Gasteiger partial charge is 0.456 e. The Balaban J connectivity index is 1.38. The van der Waals surface area contributed by atoms with Gasteiger partial charge in [0.15, 0.2) is 0 Å². The molecule has 46 heavy (non-hydrogen) atoms. The maximum absolute atomic E-state index is 13.9. The molecule has 7 aromatic carbocycles. The van der Waals surface area contributed by atoms with Crippen molar-refractivity contribution < 1.29 is 4.42 Å². The van der Waals surface area contributed by atoms with Crippen molar-refractivity contribution in [2.45, 2.75) is 0 Å². The first-order chi connectivity index (χ1) is 22.8. The molecule has 10 rings (SSSR count). The summed E-state index contributed by atoms with van der Waals surface area (Å²) in [6.07, 6.45) is 0. The summed E-state index contributed by atoms with van der Waals surface area (Å²) in [7, 11) is 0. The second-order valence-corrected chi connectivity index (χ2v) is 12.0. The van der Waals surface area contributed by atoms with Crippen LogP contribution in [0.15, 0.2) is 161 Å². The third kappa shape index (κ3) is 3.40. The number of aromatic nitrogens is 1. The molecule has 214 valence electrons. The van der Waals surface area contributed by atoms with Gasteiger partial charge in [-0.25, -0.2) is 0 Å². The van der Waals surface area contributed by atoms with Crippen molar-refractivity contribution in [2.75, 3.05) is 0 Å². The molecule has 0 fully saturated rings. The first-order valence-corrected chi connectivity index (χ1v) is 15.6. The van der Waals surface area contributed by atoms with Crippen LogP contribution < -0.4 is 5.43 Å². The van der Waals surface area contributed by atoms with Crippen LogP contribution in [-0.2, 0) is 0 Å². The number of hydrogen-bond acceptors (Lipinski definition) is 2. The number of fused-ring (bicyclic) bond motifs is 13. The summed E-state index contributed by atoms with van der Waals surface area (Å²) in [6, 6.07) is 52.8. The van der Waals surface area contributed by atoms with Crippen molar-refractivity contribution in [3.05, 3.63) is 162 Å². The van der Waals surface area contributed by atoms with Gasteiger partial charge in [0, 0.05) is 16.3 Å². The maximum atomic E-state index is 13.9. The van der Waals surface area contributed by atoms with Gasteiger partial charge in [-0.15, -0.1) is 0 Å². The lowest BCUT2D eigenvalue weighted by Crippen LogP contribution is -2.05. The monoisotopic (exact) mass is 587 g/mol. The van der Waals surface area contributed by atoms with E-state index in [2.05, 4.69) is 126 Å². The SMILES string of the molecule is O=c1c2ccccc2oc2cc3c(cc12)-c1ccccc1-c1c(cccc1-n1c2ccccc2c2ccccc21)-c1ccccc1-3. The molecule has 0 unspecified atom stereocenters. The van der Waals surface area contributed by atoms with Gasteiger partial charge in [-0.2, -0.15) is 0 Å². The lowest BCUT2D eigenvalue weighted by Gasteiger charge is -2.26. The Hall–Kier alpha value is -6.19. The topological polar surface area (TPSA) is 35.1 Å². The summed E-state index contributed by atoms with van der Waals surface area (Å²) in [5.74, 6) is 0. The van der Waals surface area contributed by atoms with E-state index in [0.29, 0.717) is 21.9 Å². The summed E-state index contributed by atoms with van der Waals surface area (Å²) < 4.78 is 8.79. The van der Waals surface area contributed by atoms with Gasteiger partial charge < -0.3 is 8.98 Å². The van der Waals surface area contributed by atoms with Crippen molar-refractivity contribution in [1.82, 2.24) is 4.57 Å². The molecule has 3 nitrogen and oxygen atoms in total. The van der Waals surface area contributed by atoms with Crippen LogP contribution in [0.3, 0.4) is 0 Å². The van der Waals surface area contributed by atoms with Gasteiger partial charge >= 0.3 is 0 Å². The average molecular weight is 588 g/mol. The van der Waals surface area contributed by atoms with E-state index in [-0.39, 0.29) is 5.43 Å². The minimum Gasteiger partial charge on any atom is -0.456 e. The van der Waals surface area contributed by atoms with Gasteiger partial charge in [-0.05, 0) is 81.4 Å². The first-order valence-electron chi connectivity index (χ1n) is 15.6. The smallest absolute Gasteiger partial charge is 0.200 e. The molecule has 0 spiro atoms. The molecular formula is C43H25NO2. The third-order valence-corrected chi connectivity index (χ3v) is 9.57. The predicted molar refractivity (Wildman–Crippen MR) is 190 cm³/mol. The summed E-state index contributed by atoms with van der Waals surface area (Å²) in [6.45, 7) is 0. The Kier molecular flexibility index (Phi) is 5.15. The van der Waals surface area contributed by atoms with E-state index < -0.39 is 0 Å². The molecule has 2 heterocycles. The van der Waals surface area contributed by atoms with Crippen LogP contribution in [0.5, 0.6) is 0 Å². The van der Waals surface area contributed by atoms with Crippen molar-refractivity contribution >= 4 is 43.7 Å². The fraction of sp³-hybridized carbons (Fsp3) is 0. The quantitative estimate of drug-likeness (QED) is 0.179.